The summed E-state index contributed by atoms with van der Waals surface area (Å²) in [6.07, 6.45) is 1.86. The normalized spacial score (nSPS) is 12.0. The number of rotatable bonds is 7. The standard InChI is InChI=1S/C16H15Cl2NO3S/c1-2-22-15(21)8-11(7-14(18)20)13-9-19-16(23-13)10-3-5-12(17)6-4-10/h3-6,9,11H,2,7-8H2,1H3. The van der Waals surface area contributed by atoms with Gasteiger partial charge in [0, 0.05) is 34.0 Å². The highest BCUT2D eigenvalue weighted by Gasteiger charge is 2.22. The van der Waals surface area contributed by atoms with Crippen molar-refractivity contribution in [3.05, 3.63) is 40.4 Å². The maximum absolute atomic E-state index is 11.7. The molecule has 1 heterocycles. The summed E-state index contributed by atoms with van der Waals surface area (Å²) >= 11 is 12.8. The third kappa shape index (κ3) is 5.30. The van der Waals surface area contributed by atoms with Gasteiger partial charge in [0.1, 0.15) is 5.01 Å². The summed E-state index contributed by atoms with van der Waals surface area (Å²) in [5.41, 5.74) is 0.928. The van der Waals surface area contributed by atoms with E-state index in [0.29, 0.717) is 11.6 Å². The number of thiazole rings is 1. The SMILES string of the molecule is CCOC(=O)CC(CC(=O)Cl)c1cnc(-c2ccc(Cl)cc2)s1. The van der Waals surface area contributed by atoms with Gasteiger partial charge in [-0.05, 0) is 30.7 Å². The Morgan fingerprint density at radius 2 is 1.96 bits per heavy atom. The Balaban J connectivity index is 2.20. The van der Waals surface area contributed by atoms with Crippen molar-refractivity contribution in [2.75, 3.05) is 6.61 Å². The van der Waals surface area contributed by atoms with Crippen LogP contribution in [0.15, 0.2) is 30.5 Å². The van der Waals surface area contributed by atoms with Crippen LogP contribution in [0.25, 0.3) is 10.6 Å². The molecule has 4 nitrogen and oxygen atoms in total. The fourth-order valence-corrected chi connectivity index (χ4v) is 3.42. The summed E-state index contributed by atoms with van der Waals surface area (Å²) in [5, 5.41) is 0.965. The Bertz CT molecular complexity index is 685. The zero-order valence-corrected chi connectivity index (χ0v) is 14.7. The number of hydrogen-bond acceptors (Lipinski definition) is 5. The van der Waals surface area contributed by atoms with Crippen LogP contribution in [0.2, 0.25) is 5.02 Å². The second-order valence-corrected chi connectivity index (χ2v) is 6.76. The first-order valence-electron chi connectivity index (χ1n) is 7.05. The summed E-state index contributed by atoms with van der Waals surface area (Å²) < 4.78 is 4.96. The molecule has 122 valence electrons. The molecule has 23 heavy (non-hydrogen) atoms. The molecule has 0 saturated carbocycles. The number of aromatic nitrogens is 1. The topological polar surface area (TPSA) is 56.3 Å². The zero-order valence-electron chi connectivity index (χ0n) is 12.4. The number of carbonyl (C=O) groups excluding carboxylic acids is 2. The molecule has 0 fully saturated rings. The summed E-state index contributed by atoms with van der Waals surface area (Å²) in [7, 11) is 0. The molecule has 0 aliphatic heterocycles. The minimum atomic E-state index is -0.485. The fourth-order valence-electron chi connectivity index (χ4n) is 2.09. The van der Waals surface area contributed by atoms with Gasteiger partial charge in [0.25, 0.3) is 0 Å². The minimum absolute atomic E-state index is 0.0720. The highest BCUT2D eigenvalue weighted by Crippen LogP contribution is 2.34. The van der Waals surface area contributed by atoms with Crippen molar-refractivity contribution in [2.24, 2.45) is 0 Å². The van der Waals surface area contributed by atoms with Crippen molar-refractivity contribution >= 4 is 45.8 Å². The zero-order chi connectivity index (χ0) is 16.8. The average Bonchev–Trinajstić information content (AvgIpc) is 2.97. The number of halogens is 2. The molecular formula is C16H15Cl2NO3S. The van der Waals surface area contributed by atoms with E-state index in [0.717, 1.165) is 15.4 Å². The van der Waals surface area contributed by atoms with Crippen LogP contribution in [0.3, 0.4) is 0 Å². The molecule has 0 aliphatic rings. The maximum Gasteiger partial charge on any atom is 0.306 e. The van der Waals surface area contributed by atoms with E-state index < -0.39 is 5.24 Å². The summed E-state index contributed by atoms with van der Waals surface area (Å²) in [5.74, 6) is -0.672. The fraction of sp³-hybridized carbons (Fsp3) is 0.312. The lowest BCUT2D eigenvalue weighted by molar-refractivity contribution is -0.143. The van der Waals surface area contributed by atoms with Gasteiger partial charge in [-0.3, -0.25) is 9.59 Å². The third-order valence-corrected chi connectivity index (χ3v) is 4.76. The van der Waals surface area contributed by atoms with Gasteiger partial charge in [-0.25, -0.2) is 4.98 Å². The Labute approximate surface area is 148 Å². The van der Waals surface area contributed by atoms with E-state index in [-0.39, 0.29) is 24.7 Å². The highest BCUT2D eigenvalue weighted by molar-refractivity contribution is 7.15. The van der Waals surface area contributed by atoms with E-state index in [1.807, 2.05) is 12.1 Å². The summed E-state index contributed by atoms with van der Waals surface area (Å²) in [4.78, 5) is 28.2. The van der Waals surface area contributed by atoms with E-state index >= 15 is 0 Å². The smallest absolute Gasteiger partial charge is 0.306 e. The summed E-state index contributed by atoms with van der Waals surface area (Å²) in [6, 6.07) is 7.32. The number of nitrogens with zero attached hydrogens (tertiary/aromatic N) is 1. The predicted molar refractivity (Wildman–Crippen MR) is 92.0 cm³/mol. The minimum Gasteiger partial charge on any atom is -0.466 e. The van der Waals surface area contributed by atoms with Gasteiger partial charge in [0.05, 0.1) is 13.0 Å². The van der Waals surface area contributed by atoms with Gasteiger partial charge in [0.2, 0.25) is 5.24 Å². The van der Waals surface area contributed by atoms with E-state index in [4.69, 9.17) is 27.9 Å². The Kier molecular flexibility index (Phi) is 6.57. The van der Waals surface area contributed by atoms with Crippen LogP contribution >= 0.6 is 34.5 Å². The van der Waals surface area contributed by atoms with Gasteiger partial charge in [-0.1, -0.05) is 23.7 Å². The first-order valence-corrected chi connectivity index (χ1v) is 8.62. The maximum atomic E-state index is 11.7. The molecule has 1 atom stereocenters. The quantitative estimate of drug-likeness (QED) is 0.524. The van der Waals surface area contributed by atoms with Crippen molar-refractivity contribution in [2.45, 2.75) is 25.7 Å². The summed E-state index contributed by atoms with van der Waals surface area (Å²) in [6.45, 7) is 2.05. The lowest BCUT2D eigenvalue weighted by Crippen LogP contribution is -2.11. The number of esters is 1. The second kappa shape index (κ2) is 8.43. The molecule has 1 unspecified atom stereocenters. The molecular weight excluding hydrogens is 357 g/mol. The Morgan fingerprint density at radius 1 is 1.26 bits per heavy atom. The van der Waals surface area contributed by atoms with Crippen LogP contribution in [-0.4, -0.2) is 22.8 Å². The number of benzene rings is 1. The molecule has 0 amide bonds. The third-order valence-electron chi connectivity index (χ3n) is 3.14. The van der Waals surface area contributed by atoms with Crippen LogP contribution in [0, 0.1) is 0 Å². The molecule has 0 aliphatic carbocycles. The van der Waals surface area contributed by atoms with E-state index in [1.54, 1.807) is 25.3 Å². The Morgan fingerprint density at radius 3 is 2.57 bits per heavy atom. The van der Waals surface area contributed by atoms with Crippen LogP contribution in [0.5, 0.6) is 0 Å². The van der Waals surface area contributed by atoms with Crippen molar-refractivity contribution in [3.63, 3.8) is 0 Å². The molecule has 0 saturated heterocycles. The van der Waals surface area contributed by atoms with Crippen molar-refractivity contribution < 1.29 is 14.3 Å². The number of hydrogen-bond donors (Lipinski definition) is 0. The predicted octanol–water partition coefficient (Wildman–Crippen LogP) is 4.66. The second-order valence-electron chi connectivity index (χ2n) is 4.84. The largest absolute Gasteiger partial charge is 0.466 e. The van der Waals surface area contributed by atoms with Crippen molar-refractivity contribution in [3.8, 4) is 10.6 Å². The van der Waals surface area contributed by atoms with Crippen molar-refractivity contribution in [1.29, 1.82) is 0 Å². The van der Waals surface area contributed by atoms with Crippen molar-refractivity contribution in [1.82, 2.24) is 4.98 Å². The first-order chi connectivity index (χ1) is 11.0. The van der Waals surface area contributed by atoms with E-state index in [1.165, 1.54) is 11.3 Å². The average molecular weight is 372 g/mol. The molecule has 2 aromatic rings. The lowest BCUT2D eigenvalue weighted by atomic mass is 10.0. The molecule has 1 aromatic carbocycles. The van der Waals surface area contributed by atoms with Crippen LogP contribution < -0.4 is 0 Å². The van der Waals surface area contributed by atoms with Gasteiger partial charge >= 0.3 is 5.97 Å². The van der Waals surface area contributed by atoms with Gasteiger partial charge in [-0.15, -0.1) is 11.3 Å². The Hall–Kier alpha value is -1.43. The molecule has 7 heteroatoms. The number of carbonyl (C=O) groups is 2. The monoisotopic (exact) mass is 371 g/mol. The first kappa shape index (κ1) is 17.9. The molecule has 2 rings (SSSR count). The number of ether oxygens (including phenoxy) is 1. The molecule has 0 spiro atoms. The molecule has 1 aromatic heterocycles. The molecule has 0 radical (unpaired) electrons. The molecule has 0 N–H and O–H groups in total. The van der Waals surface area contributed by atoms with Crippen LogP contribution in [0.1, 0.15) is 30.6 Å². The van der Waals surface area contributed by atoms with E-state index in [2.05, 4.69) is 4.98 Å². The van der Waals surface area contributed by atoms with E-state index in [9.17, 15) is 9.59 Å². The highest BCUT2D eigenvalue weighted by atomic mass is 35.5. The van der Waals surface area contributed by atoms with Gasteiger partial charge in [0.15, 0.2) is 0 Å². The van der Waals surface area contributed by atoms with Crippen LogP contribution in [0.4, 0.5) is 0 Å². The van der Waals surface area contributed by atoms with Gasteiger partial charge in [-0.2, -0.15) is 0 Å². The molecule has 0 bridgehead atoms. The van der Waals surface area contributed by atoms with Crippen LogP contribution in [-0.2, 0) is 14.3 Å². The lowest BCUT2D eigenvalue weighted by Gasteiger charge is -2.11. The van der Waals surface area contributed by atoms with Gasteiger partial charge < -0.3 is 4.74 Å².